The summed E-state index contributed by atoms with van der Waals surface area (Å²) in [5.41, 5.74) is 2.01. The zero-order valence-electron chi connectivity index (χ0n) is 13.4. The Morgan fingerprint density at radius 2 is 1.95 bits per heavy atom. The average Bonchev–Trinajstić information content (AvgIpc) is 2.72. The van der Waals surface area contributed by atoms with Crippen LogP contribution in [0.2, 0.25) is 0 Å². The van der Waals surface area contributed by atoms with E-state index in [0.29, 0.717) is 6.54 Å². The molecular weight excluding hydrogens is 266 g/mol. The van der Waals surface area contributed by atoms with Crippen LogP contribution >= 0.6 is 0 Å². The highest BCUT2D eigenvalue weighted by Crippen LogP contribution is 2.23. The first-order chi connectivity index (χ1) is 10.1. The molecule has 2 rings (SSSR count). The molecule has 0 saturated carbocycles. The minimum Gasteiger partial charge on any atom is -0.361 e. The average molecular weight is 293 g/mol. The van der Waals surface area contributed by atoms with Gasteiger partial charge in [0.2, 0.25) is 5.91 Å². The lowest BCUT2D eigenvalue weighted by atomic mass is 10.0. The first kappa shape index (κ1) is 16.0. The number of aromatic nitrogens is 1. The van der Waals surface area contributed by atoms with Crippen LogP contribution in [0.15, 0.2) is 4.52 Å². The fraction of sp³-hybridized carbons (Fsp3) is 0.750. The second-order valence-electron chi connectivity index (χ2n) is 5.87. The van der Waals surface area contributed by atoms with Crippen LogP contribution in [0.4, 0.5) is 0 Å². The Labute approximate surface area is 127 Å². The van der Waals surface area contributed by atoms with E-state index in [1.807, 2.05) is 18.7 Å². The third-order valence-corrected chi connectivity index (χ3v) is 4.30. The maximum atomic E-state index is 12.3. The maximum Gasteiger partial charge on any atom is 0.236 e. The molecule has 1 N–H and O–H groups in total. The van der Waals surface area contributed by atoms with Crippen LogP contribution in [0.3, 0.4) is 0 Å². The van der Waals surface area contributed by atoms with Gasteiger partial charge in [0, 0.05) is 24.7 Å². The highest BCUT2D eigenvalue weighted by atomic mass is 16.5. The predicted molar refractivity (Wildman–Crippen MR) is 82.1 cm³/mol. The third-order valence-electron chi connectivity index (χ3n) is 4.30. The van der Waals surface area contributed by atoms with Crippen molar-refractivity contribution in [2.75, 3.05) is 19.6 Å². The van der Waals surface area contributed by atoms with Crippen LogP contribution in [-0.4, -0.2) is 35.6 Å². The van der Waals surface area contributed by atoms with Gasteiger partial charge in [0.05, 0.1) is 12.2 Å². The number of hydrogen-bond donors (Lipinski definition) is 1. The Morgan fingerprint density at radius 3 is 2.48 bits per heavy atom. The van der Waals surface area contributed by atoms with Crippen LogP contribution < -0.4 is 5.32 Å². The predicted octanol–water partition coefficient (Wildman–Crippen LogP) is 2.73. The number of aryl methyl sites for hydroxylation is 2. The van der Waals surface area contributed by atoms with E-state index in [1.54, 1.807) is 0 Å². The van der Waals surface area contributed by atoms with Crippen LogP contribution in [0, 0.1) is 13.8 Å². The third kappa shape index (κ3) is 4.06. The summed E-state index contributed by atoms with van der Waals surface area (Å²) in [5, 5.41) is 7.38. The monoisotopic (exact) mass is 293 g/mol. The molecule has 21 heavy (non-hydrogen) atoms. The topological polar surface area (TPSA) is 58.4 Å². The van der Waals surface area contributed by atoms with Crippen molar-refractivity contribution >= 4 is 5.91 Å². The van der Waals surface area contributed by atoms with Crippen molar-refractivity contribution < 1.29 is 9.32 Å². The fourth-order valence-electron chi connectivity index (χ4n) is 3.08. The molecule has 0 unspecified atom stereocenters. The van der Waals surface area contributed by atoms with Crippen molar-refractivity contribution in [2.45, 2.75) is 58.9 Å². The molecule has 1 amide bonds. The Morgan fingerprint density at radius 1 is 1.29 bits per heavy atom. The van der Waals surface area contributed by atoms with Gasteiger partial charge in [-0.3, -0.25) is 4.79 Å². The molecule has 1 aliphatic heterocycles. The van der Waals surface area contributed by atoms with E-state index in [4.69, 9.17) is 4.52 Å². The number of nitrogens with zero attached hydrogens (tertiary/aromatic N) is 2. The minimum absolute atomic E-state index is 0.132. The molecule has 2 heterocycles. The second-order valence-corrected chi connectivity index (χ2v) is 5.87. The molecule has 1 aromatic heterocycles. The summed E-state index contributed by atoms with van der Waals surface area (Å²) in [6.07, 6.45) is 5.66. The quantitative estimate of drug-likeness (QED) is 0.907. The summed E-state index contributed by atoms with van der Waals surface area (Å²) in [6, 6.07) is 0.132. The van der Waals surface area contributed by atoms with Gasteiger partial charge in [-0.05, 0) is 33.1 Å². The highest BCUT2D eigenvalue weighted by molar-refractivity contribution is 5.78. The van der Waals surface area contributed by atoms with Crippen molar-refractivity contribution in [3.8, 4) is 0 Å². The molecule has 1 saturated heterocycles. The van der Waals surface area contributed by atoms with Crippen molar-refractivity contribution in [2.24, 2.45) is 0 Å². The number of hydrogen-bond acceptors (Lipinski definition) is 4. The molecule has 0 bridgehead atoms. The lowest BCUT2D eigenvalue weighted by Crippen LogP contribution is -2.39. The zero-order chi connectivity index (χ0) is 15.2. The number of amides is 1. The number of rotatable bonds is 5. The smallest absolute Gasteiger partial charge is 0.236 e. The molecule has 1 aromatic rings. The molecule has 1 aliphatic rings. The van der Waals surface area contributed by atoms with Crippen LogP contribution in [-0.2, 0) is 4.79 Å². The first-order valence-corrected chi connectivity index (χ1v) is 8.07. The summed E-state index contributed by atoms with van der Waals surface area (Å²) in [4.78, 5) is 14.3. The minimum atomic E-state index is 0.132. The first-order valence-electron chi connectivity index (χ1n) is 8.07. The number of carbonyl (C=O) groups is 1. The Balaban J connectivity index is 1.92. The van der Waals surface area contributed by atoms with Crippen molar-refractivity contribution in [1.29, 1.82) is 0 Å². The van der Waals surface area contributed by atoms with E-state index < -0.39 is 0 Å². The highest BCUT2D eigenvalue weighted by Gasteiger charge is 2.21. The van der Waals surface area contributed by atoms with Gasteiger partial charge < -0.3 is 14.7 Å². The fourth-order valence-corrected chi connectivity index (χ4v) is 3.08. The van der Waals surface area contributed by atoms with E-state index >= 15 is 0 Å². The van der Waals surface area contributed by atoms with Gasteiger partial charge in [-0.15, -0.1) is 0 Å². The van der Waals surface area contributed by atoms with Gasteiger partial charge >= 0.3 is 0 Å². The van der Waals surface area contributed by atoms with E-state index in [-0.39, 0.29) is 11.9 Å². The Hall–Kier alpha value is -1.36. The van der Waals surface area contributed by atoms with Gasteiger partial charge in [0.15, 0.2) is 0 Å². The van der Waals surface area contributed by atoms with Gasteiger partial charge in [-0.25, -0.2) is 0 Å². The standard InChI is InChI=1S/C16H27N3O2/c1-4-14(16-12(2)18-21-13(16)3)17-11-15(20)19-9-7-5-6-8-10-19/h14,17H,4-11H2,1-3H3/t14-/m1/s1. The van der Waals surface area contributed by atoms with E-state index in [2.05, 4.69) is 17.4 Å². The molecule has 118 valence electrons. The lowest BCUT2D eigenvalue weighted by molar-refractivity contribution is -0.130. The number of likely N-dealkylation sites (tertiary alicyclic amines) is 1. The summed E-state index contributed by atoms with van der Waals surface area (Å²) in [5.74, 6) is 1.05. The van der Waals surface area contributed by atoms with Crippen molar-refractivity contribution in [3.63, 3.8) is 0 Å². The summed E-state index contributed by atoms with van der Waals surface area (Å²) < 4.78 is 5.23. The molecule has 5 nitrogen and oxygen atoms in total. The van der Waals surface area contributed by atoms with E-state index in [0.717, 1.165) is 49.4 Å². The maximum absolute atomic E-state index is 12.3. The molecule has 0 spiro atoms. The molecular formula is C16H27N3O2. The molecule has 0 aromatic carbocycles. The molecule has 0 aliphatic carbocycles. The lowest BCUT2D eigenvalue weighted by Gasteiger charge is -2.23. The molecule has 1 atom stereocenters. The SMILES string of the molecule is CC[C@@H](NCC(=O)N1CCCCCC1)c1c(C)noc1C. The Bertz CT molecular complexity index is 443. The summed E-state index contributed by atoms with van der Waals surface area (Å²) in [7, 11) is 0. The van der Waals surface area contributed by atoms with Gasteiger partial charge in [-0.2, -0.15) is 0 Å². The van der Waals surface area contributed by atoms with Crippen LogP contribution in [0.5, 0.6) is 0 Å². The zero-order valence-corrected chi connectivity index (χ0v) is 13.4. The van der Waals surface area contributed by atoms with Crippen molar-refractivity contribution in [3.05, 3.63) is 17.0 Å². The molecule has 0 radical (unpaired) electrons. The summed E-state index contributed by atoms with van der Waals surface area (Å²) in [6.45, 7) is 8.19. The van der Waals surface area contributed by atoms with Crippen molar-refractivity contribution in [1.82, 2.24) is 15.4 Å². The normalized spacial score (nSPS) is 17.6. The molecule has 5 heteroatoms. The van der Waals surface area contributed by atoms with Crippen LogP contribution in [0.1, 0.15) is 62.1 Å². The number of carbonyl (C=O) groups excluding carboxylic acids is 1. The van der Waals surface area contributed by atoms with E-state index in [9.17, 15) is 4.79 Å². The van der Waals surface area contributed by atoms with Gasteiger partial charge in [-0.1, -0.05) is 24.9 Å². The number of nitrogens with one attached hydrogen (secondary N) is 1. The largest absolute Gasteiger partial charge is 0.361 e. The van der Waals surface area contributed by atoms with Gasteiger partial charge in [0.1, 0.15) is 5.76 Å². The Kier molecular flexibility index (Phi) is 5.79. The molecule has 1 fully saturated rings. The summed E-state index contributed by atoms with van der Waals surface area (Å²) >= 11 is 0. The second kappa shape index (κ2) is 7.59. The van der Waals surface area contributed by atoms with E-state index in [1.165, 1.54) is 12.8 Å². The van der Waals surface area contributed by atoms with Crippen LogP contribution in [0.25, 0.3) is 0 Å². The van der Waals surface area contributed by atoms with Gasteiger partial charge in [0.25, 0.3) is 0 Å².